The quantitative estimate of drug-likeness (QED) is 0.818. The number of rotatable bonds is 7. The molecule has 0 spiro atoms. The van der Waals surface area contributed by atoms with Crippen molar-refractivity contribution in [3.8, 4) is 5.75 Å². The lowest BCUT2D eigenvalue weighted by Gasteiger charge is -2.21. The zero-order chi connectivity index (χ0) is 17.5. The van der Waals surface area contributed by atoms with Crippen LogP contribution in [-0.2, 0) is 4.79 Å². The van der Waals surface area contributed by atoms with Crippen molar-refractivity contribution in [2.24, 2.45) is 0 Å². The molecule has 0 aliphatic rings. The molecular weight excluding hydrogens is 316 g/mol. The van der Waals surface area contributed by atoms with Crippen LogP contribution in [0.5, 0.6) is 5.75 Å². The number of aliphatic hydroxyl groups excluding tert-OH is 1. The highest BCUT2D eigenvalue weighted by atomic mass is 19.2. The van der Waals surface area contributed by atoms with E-state index in [4.69, 9.17) is 9.84 Å². The fourth-order valence-corrected chi connectivity index (χ4v) is 2.17. The van der Waals surface area contributed by atoms with Crippen LogP contribution in [0.3, 0.4) is 0 Å². The van der Waals surface area contributed by atoms with Crippen LogP contribution in [0.25, 0.3) is 0 Å². The van der Waals surface area contributed by atoms with Gasteiger partial charge in [0, 0.05) is 24.3 Å². The van der Waals surface area contributed by atoms with E-state index in [0.717, 1.165) is 12.1 Å². The Morgan fingerprint density at radius 2 is 1.88 bits per heavy atom. The standard InChI is InChI=1S/C18H19F2NO3/c1-12(9-10-22)21-18(23)17(13-5-3-2-4-6-13)24-14-7-8-15(19)16(20)11-14/h2-8,11-12,17,22H,9-10H2,1H3,(H,21,23)/t12-,17?/m1/s1. The first-order valence-corrected chi connectivity index (χ1v) is 7.59. The Hall–Kier alpha value is -2.47. The molecule has 1 amide bonds. The SMILES string of the molecule is C[C@H](CCO)NC(=O)C(Oc1ccc(F)c(F)c1)c1ccccc1. The fourth-order valence-electron chi connectivity index (χ4n) is 2.17. The molecule has 2 N–H and O–H groups in total. The summed E-state index contributed by atoms with van der Waals surface area (Å²) in [7, 11) is 0. The molecule has 0 saturated heterocycles. The van der Waals surface area contributed by atoms with E-state index in [1.165, 1.54) is 6.07 Å². The highest BCUT2D eigenvalue weighted by Crippen LogP contribution is 2.24. The van der Waals surface area contributed by atoms with Crippen molar-refractivity contribution < 1.29 is 23.4 Å². The van der Waals surface area contributed by atoms with Gasteiger partial charge in [-0.1, -0.05) is 30.3 Å². The van der Waals surface area contributed by atoms with Crippen LogP contribution in [0.4, 0.5) is 8.78 Å². The van der Waals surface area contributed by atoms with Gasteiger partial charge in [-0.15, -0.1) is 0 Å². The van der Waals surface area contributed by atoms with E-state index in [1.807, 2.05) is 0 Å². The van der Waals surface area contributed by atoms with E-state index >= 15 is 0 Å². The third-order valence-electron chi connectivity index (χ3n) is 3.44. The number of hydrogen-bond acceptors (Lipinski definition) is 3. The van der Waals surface area contributed by atoms with Crippen molar-refractivity contribution in [2.75, 3.05) is 6.61 Å². The van der Waals surface area contributed by atoms with Crippen LogP contribution < -0.4 is 10.1 Å². The van der Waals surface area contributed by atoms with Crippen molar-refractivity contribution in [3.05, 3.63) is 65.7 Å². The number of carbonyl (C=O) groups is 1. The second-order valence-electron chi connectivity index (χ2n) is 5.41. The molecule has 0 saturated carbocycles. The summed E-state index contributed by atoms with van der Waals surface area (Å²) >= 11 is 0. The predicted molar refractivity (Wildman–Crippen MR) is 85.5 cm³/mol. The third-order valence-corrected chi connectivity index (χ3v) is 3.44. The number of aliphatic hydroxyl groups is 1. The summed E-state index contributed by atoms with van der Waals surface area (Å²) in [4.78, 5) is 12.5. The lowest BCUT2D eigenvalue weighted by molar-refractivity contribution is -0.129. The van der Waals surface area contributed by atoms with E-state index < -0.39 is 23.6 Å². The minimum atomic E-state index is -1.05. The highest BCUT2D eigenvalue weighted by Gasteiger charge is 2.24. The van der Waals surface area contributed by atoms with Gasteiger partial charge in [-0.05, 0) is 25.5 Å². The normalized spacial score (nSPS) is 13.2. The van der Waals surface area contributed by atoms with Gasteiger partial charge in [0.2, 0.25) is 6.10 Å². The molecule has 6 heteroatoms. The van der Waals surface area contributed by atoms with Crippen LogP contribution in [-0.4, -0.2) is 23.7 Å². The van der Waals surface area contributed by atoms with Gasteiger partial charge in [-0.25, -0.2) is 8.78 Å². The highest BCUT2D eigenvalue weighted by molar-refractivity contribution is 5.82. The van der Waals surface area contributed by atoms with E-state index in [2.05, 4.69) is 5.32 Å². The fraction of sp³-hybridized carbons (Fsp3) is 0.278. The molecule has 128 valence electrons. The smallest absolute Gasteiger partial charge is 0.266 e. The molecule has 24 heavy (non-hydrogen) atoms. The monoisotopic (exact) mass is 335 g/mol. The molecule has 0 aliphatic carbocycles. The first kappa shape index (κ1) is 17.9. The van der Waals surface area contributed by atoms with Crippen LogP contribution in [0.1, 0.15) is 25.0 Å². The average Bonchev–Trinajstić information content (AvgIpc) is 2.56. The largest absolute Gasteiger partial charge is 0.476 e. The Kier molecular flexibility index (Phi) is 6.26. The van der Waals surface area contributed by atoms with Crippen LogP contribution >= 0.6 is 0 Å². The molecule has 2 aromatic carbocycles. The molecule has 0 radical (unpaired) electrons. The van der Waals surface area contributed by atoms with Crippen LogP contribution in [0.15, 0.2) is 48.5 Å². The Morgan fingerprint density at radius 1 is 1.17 bits per heavy atom. The number of halogens is 2. The molecule has 0 aromatic heterocycles. The van der Waals surface area contributed by atoms with Crippen molar-refractivity contribution in [3.63, 3.8) is 0 Å². The summed E-state index contributed by atoms with van der Waals surface area (Å²) in [6, 6.07) is 11.6. The lowest BCUT2D eigenvalue weighted by atomic mass is 10.1. The van der Waals surface area contributed by atoms with Gasteiger partial charge in [0.25, 0.3) is 5.91 Å². The summed E-state index contributed by atoms with van der Waals surface area (Å²) in [5.74, 6) is -2.41. The average molecular weight is 335 g/mol. The topological polar surface area (TPSA) is 58.6 Å². The second kappa shape index (κ2) is 8.40. The van der Waals surface area contributed by atoms with Crippen LogP contribution in [0.2, 0.25) is 0 Å². The summed E-state index contributed by atoms with van der Waals surface area (Å²) in [6.45, 7) is 1.70. The van der Waals surface area contributed by atoms with E-state index in [9.17, 15) is 13.6 Å². The number of nitrogens with one attached hydrogen (secondary N) is 1. The van der Waals surface area contributed by atoms with Crippen molar-refractivity contribution in [1.82, 2.24) is 5.32 Å². The zero-order valence-electron chi connectivity index (χ0n) is 13.2. The van der Waals surface area contributed by atoms with Gasteiger partial charge in [0.15, 0.2) is 11.6 Å². The first-order chi connectivity index (χ1) is 11.5. The van der Waals surface area contributed by atoms with Gasteiger partial charge >= 0.3 is 0 Å². The van der Waals surface area contributed by atoms with Gasteiger partial charge in [0.1, 0.15) is 5.75 Å². The zero-order valence-corrected chi connectivity index (χ0v) is 13.2. The first-order valence-electron chi connectivity index (χ1n) is 7.59. The van der Waals surface area contributed by atoms with E-state index in [0.29, 0.717) is 12.0 Å². The van der Waals surface area contributed by atoms with Gasteiger partial charge < -0.3 is 15.2 Å². The van der Waals surface area contributed by atoms with Crippen molar-refractivity contribution >= 4 is 5.91 Å². The molecule has 0 aliphatic heterocycles. The number of amides is 1. The Morgan fingerprint density at radius 3 is 2.50 bits per heavy atom. The number of carbonyl (C=O) groups excluding carboxylic acids is 1. The number of benzene rings is 2. The van der Waals surface area contributed by atoms with Crippen molar-refractivity contribution in [2.45, 2.75) is 25.5 Å². The minimum absolute atomic E-state index is 0.0488. The molecule has 4 nitrogen and oxygen atoms in total. The summed E-state index contributed by atoms with van der Waals surface area (Å²) in [5.41, 5.74) is 0.580. The van der Waals surface area contributed by atoms with Gasteiger partial charge in [0.05, 0.1) is 0 Å². The number of ether oxygens (including phenoxy) is 1. The Balaban J connectivity index is 2.22. The predicted octanol–water partition coefficient (Wildman–Crippen LogP) is 2.97. The molecule has 0 fully saturated rings. The second-order valence-corrected chi connectivity index (χ2v) is 5.41. The maximum absolute atomic E-state index is 13.4. The molecule has 2 aromatic rings. The van der Waals surface area contributed by atoms with Crippen molar-refractivity contribution in [1.29, 1.82) is 0 Å². The molecule has 0 heterocycles. The van der Waals surface area contributed by atoms with Gasteiger partial charge in [-0.3, -0.25) is 4.79 Å². The Bertz CT molecular complexity index is 679. The summed E-state index contributed by atoms with van der Waals surface area (Å²) < 4.78 is 32.0. The summed E-state index contributed by atoms with van der Waals surface area (Å²) in [5, 5.41) is 11.7. The third kappa shape index (κ3) is 4.76. The maximum atomic E-state index is 13.4. The molecule has 0 bridgehead atoms. The van der Waals surface area contributed by atoms with Crippen LogP contribution in [0, 0.1) is 11.6 Å². The van der Waals surface area contributed by atoms with E-state index in [1.54, 1.807) is 37.3 Å². The minimum Gasteiger partial charge on any atom is -0.476 e. The van der Waals surface area contributed by atoms with E-state index in [-0.39, 0.29) is 18.4 Å². The molecular formula is C18H19F2NO3. The lowest BCUT2D eigenvalue weighted by Crippen LogP contribution is -2.38. The van der Waals surface area contributed by atoms with Gasteiger partial charge in [-0.2, -0.15) is 0 Å². The number of hydrogen-bond donors (Lipinski definition) is 2. The molecule has 1 unspecified atom stereocenters. The molecule has 2 rings (SSSR count). The summed E-state index contributed by atoms with van der Waals surface area (Å²) in [6.07, 6.45) is -0.615. The molecule has 2 atom stereocenters. The Labute approximate surface area is 139 Å². The maximum Gasteiger partial charge on any atom is 0.266 e.